The number of halogens is 6. The summed E-state index contributed by atoms with van der Waals surface area (Å²) in [6.45, 7) is 5.57. The first-order chi connectivity index (χ1) is 17.8. The lowest BCUT2D eigenvalue weighted by molar-refractivity contribution is -0.221. The predicted octanol–water partition coefficient (Wildman–Crippen LogP) is 6.74. The van der Waals surface area contributed by atoms with Crippen LogP contribution in [-0.4, -0.2) is 43.8 Å². The molecule has 12 heteroatoms. The second-order valence-corrected chi connectivity index (χ2v) is 12.3. The van der Waals surface area contributed by atoms with Gasteiger partial charge in [-0.15, -0.1) is 0 Å². The maximum Gasteiger partial charge on any atom is 0.417 e. The lowest BCUT2D eigenvalue weighted by Gasteiger charge is -2.46. The summed E-state index contributed by atoms with van der Waals surface area (Å²) >= 11 is 0. The van der Waals surface area contributed by atoms with Crippen molar-refractivity contribution in [3.8, 4) is 5.75 Å². The zero-order chi connectivity index (χ0) is 29.4. The molecule has 1 heterocycles. The normalized spacial score (nSPS) is 19.2. The largest absolute Gasteiger partial charge is 0.494 e. The summed E-state index contributed by atoms with van der Waals surface area (Å²) in [6.07, 6.45) is -10.5. The van der Waals surface area contributed by atoms with Crippen molar-refractivity contribution in [3.05, 3.63) is 71.3 Å². The Kier molecular flexibility index (Phi) is 8.23. The molecule has 1 aliphatic heterocycles. The van der Waals surface area contributed by atoms with Gasteiger partial charge in [-0.1, -0.05) is 57.2 Å². The van der Waals surface area contributed by atoms with Crippen molar-refractivity contribution in [3.63, 3.8) is 0 Å². The molecule has 1 atom stereocenters. The van der Waals surface area contributed by atoms with Crippen LogP contribution in [0.5, 0.6) is 5.75 Å². The van der Waals surface area contributed by atoms with Crippen molar-refractivity contribution in [2.24, 2.45) is 0 Å². The molecule has 0 aromatic heterocycles. The molecule has 0 spiro atoms. The molecule has 0 fully saturated rings. The number of rotatable bonds is 7. The zero-order valence-corrected chi connectivity index (χ0v) is 22.6. The van der Waals surface area contributed by atoms with Crippen LogP contribution in [-0.2, 0) is 25.8 Å². The summed E-state index contributed by atoms with van der Waals surface area (Å²) in [5.41, 5.74) is -2.77. The minimum Gasteiger partial charge on any atom is -0.494 e. The molecule has 0 saturated carbocycles. The Labute approximate surface area is 223 Å². The molecule has 2 aromatic carbocycles. The second-order valence-electron chi connectivity index (χ2n) is 10.5. The molecule has 0 saturated heterocycles. The third-order valence-corrected chi connectivity index (χ3v) is 7.57. The number of benzene rings is 2. The van der Waals surface area contributed by atoms with Crippen molar-refractivity contribution >= 4 is 21.5 Å². The fraction of sp³-hybridized carbons (Fsp3) is 0.444. The van der Waals surface area contributed by atoms with Gasteiger partial charge in [0.2, 0.25) is 10.0 Å². The smallest absolute Gasteiger partial charge is 0.417 e. The summed E-state index contributed by atoms with van der Waals surface area (Å²) in [4.78, 5) is 13.1. The number of carbonyl (C=O) groups is 1. The fourth-order valence-corrected chi connectivity index (χ4v) is 5.72. The van der Waals surface area contributed by atoms with E-state index < -0.39 is 52.2 Å². The fourth-order valence-electron chi connectivity index (χ4n) is 4.50. The van der Waals surface area contributed by atoms with E-state index in [0.29, 0.717) is 11.8 Å². The molecule has 39 heavy (non-hydrogen) atoms. The third-order valence-electron chi connectivity index (χ3n) is 6.42. The number of nitrogens with zero attached hydrogens (tertiary/aromatic N) is 1. The molecule has 2 aromatic rings. The Hall–Kier alpha value is -3.02. The van der Waals surface area contributed by atoms with Gasteiger partial charge in [-0.3, -0.25) is 4.79 Å². The number of sulfonamides is 1. The summed E-state index contributed by atoms with van der Waals surface area (Å²) in [5.74, 6) is -1.34. The average Bonchev–Trinajstić information content (AvgIpc) is 2.79. The van der Waals surface area contributed by atoms with Crippen LogP contribution >= 0.6 is 0 Å². The van der Waals surface area contributed by atoms with Crippen LogP contribution in [0.15, 0.2) is 54.6 Å². The number of carbonyl (C=O) groups excluding carboxylic acids is 1. The quantitative estimate of drug-likeness (QED) is 0.270. The van der Waals surface area contributed by atoms with Crippen LogP contribution in [0.25, 0.3) is 5.57 Å². The first-order valence-corrected chi connectivity index (χ1v) is 13.8. The number of hydrogen-bond acceptors (Lipinski definition) is 4. The standard InChI is InChI=1S/C27H29F6NO4S/c1-24(2,3)20-8-6-18(7-9-20)19-16-23(35)34(39(4,36)37)25(17-19,27(31,32)33)21-10-12-22(13-11-21)38-15-5-14-26(28,29)30/h6-13,16H,5,14-15,17H2,1-4H3. The predicted molar refractivity (Wildman–Crippen MR) is 134 cm³/mol. The molecular formula is C27H29F6NO4S. The Balaban J connectivity index is 2.06. The van der Waals surface area contributed by atoms with Gasteiger partial charge in [-0.2, -0.15) is 26.3 Å². The lowest BCUT2D eigenvalue weighted by atomic mass is 9.78. The van der Waals surface area contributed by atoms with E-state index in [1.165, 1.54) is 0 Å². The second kappa shape index (κ2) is 10.5. The van der Waals surface area contributed by atoms with Crippen molar-refractivity contribution in [1.82, 2.24) is 4.31 Å². The Morgan fingerprint density at radius 3 is 1.95 bits per heavy atom. The van der Waals surface area contributed by atoms with E-state index in [2.05, 4.69) is 0 Å². The van der Waals surface area contributed by atoms with Crippen LogP contribution < -0.4 is 4.74 Å². The van der Waals surface area contributed by atoms with Gasteiger partial charge in [0, 0.05) is 18.9 Å². The zero-order valence-electron chi connectivity index (χ0n) is 21.8. The summed E-state index contributed by atoms with van der Waals surface area (Å²) in [5, 5.41) is 0. The van der Waals surface area contributed by atoms with Crippen LogP contribution in [0.3, 0.4) is 0 Å². The van der Waals surface area contributed by atoms with Crippen LogP contribution in [0.2, 0.25) is 0 Å². The van der Waals surface area contributed by atoms with Crippen molar-refractivity contribution in [2.75, 3.05) is 12.9 Å². The minimum absolute atomic E-state index is 0.000162. The minimum atomic E-state index is -5.23. The maximum absolute atomic E-state index is 15.0. The number of hydrogen-bond donors (Lipinski definition) is 0. The van der Waals surface area contributed by atoms with E-state index in [9.17, 15) is 39.6 Å². The topological polar surface area (TPSA) is 63.7 Å². The van der Waals surface area contributed by atoms with E-state index in [4.69, 9.17) is 4.74 Å². The van der Waals surface area contributed by atoms with Crippen LogP contribution in [0, 0.1) is 0 Å². The molecule has 0 radical (unpaired) electrons. The van der Waals surface area contributed by atoms with E-state index >= 15 is 0 Å². The highest BCUT2D eigenvalue weighted by molar-refractivity contribution is 7.89. The van der Waals surface area contributed by atoms with Gasteiger partial charge in [-0.25, -0.2) is 12.7 Å². The first-order valence-electron chi connectivity index (χ1n) is 12.0. The monoisotopic (exact) mass is 577 g/mol. The lowest BCUT2D eigenvalue weighted by Crippen LogP contribution is -2.61. The number of alkyl halides is 6. The highest BCUT2D eigenvalue weighted by Crippen LogP contribution is 2.53. The summed E-state index contributed by atoms with van der Waals surface area (Å²) < 4.78 is 112. The third kappa shape index (κ3) is 6.77. The van der Waals surface area contributed by atoms with Gasteiger partial charge < -0.3 is 4.74 Å². The molecule has 1 unspecified atom stereocenters. The Bertz CT molecular complexity index is 1320. The van der Waals surface area contributed by atoms with Crippen molar-refractivity contribution in [2.45, 2.75) is 63.3 Å². The highest BCUT2D eigenvalue weighted by Gasteiger charge is 2.65. The average molecular weight is 578 g/mol. The Morgan fingerprint density at radius 2 is 1.49 bits per heavy atom. The van der Waals surface area contributed by atoms with Crippen LogP contribution in [0.4, 0.5) is 26.3 Å². The molecule has 3 rings (SSSR count). The summed E-state index contributed by atoms with van der Waals surface area (Å²) in [7, 11) is -4.71. The van der Waals surface area contributed by atoms with Gasteiger partial charge in [0.05, 0.1) is 12.9 Å². The van der Waals surface area contributed by atoms with Gasteiger partial charge in [-0.05, 0) is 46.2 Å². The molecule has 0 aliphatic carbocycles. The number of ether oxygens (including phenoxy) is 1. The van der Waals surface area contributed by atoms with Gasteiger partial charge in [0.1, 0.15) is 5.75 Å². The van der Waals surface area contributed by atoms with E-state index in [1.54, 1.807) is 24.3 Å². The first kappa shape index (κ1) is 30.5. The van der Waals surface area contributed by atoms with Crippen molar-refractivity contribution in [1.29, 1.82) is 0 Å². The molecule has 214 valence electrons. The van der Waals surface area contributed by atoms with Gasteiger partial charge >= 0.3 is 12.4 Å². The molecule has 1 aliphatic rings. The molecular weight excluding hydrogens is 548 g/mol. The molecule has 1 amide bonds. The summed E-state index contributed by atoms with van der Waals surface area (Å²) in [6, 6.07) is 10.8. The molecule has 5 nitrogen and oxygen atoms in total. The molecule has 0 bridgehead atoms. The van der Waals surface area contributed by atoms with E-state index in [0.717, 1.165) is 35.9 Å². The van der Waals surface area contributed by atoms with E-state index in [-0.39, 0.29) is 34.1 Å². The Morgan fingerprint density at radius 1 is 0.923 bits per heavy atom. The van der Waals surface area contributed by atoms with Gasteiger partial charge in [0.15, 0.2) is 5.54 Å². The SMILES string of the molecule is CC(C)(C)c1ccc(C2=CC(=O)N(S(C)(=O)=O)C(c3ccc(OCCCC(F)(F)F)cc3)(C(F)(F)F)C2)cc1. The van der Waals surface area contributed by atoms with Gasteiger partial charge in [0.25, 0.3) is 5.91 Å². The maximum atomic E-state index is 15.0. The number of amides is 1. The van der Waals surface area contributed by atoms with E-state index in [1.807, 2.05) is 20.8 Å². The molecule has 0 N–H and O–H groups in total. The van der Waals surface area contributed by atoms with Crippen molar-refractivity contribution < 1.29 is 44.3 Å². The highest BCUT2D eigenvalue weighted by atomic mass is 32.2. The van der Waals surface area contributed by atoms with Crippen LogP contribution in [0.1, 0.15) is 56.7 Å².